The Kier molecular flexibility index (Phi) is 4.19. The highest BCUT2D eigenvalue weighted by atomic mass is 16.6. The summed E-state index contributed by atoms with van der Waals surface area (Å²) in [5.41, 5.74) is 4.51. The number of carbonyl (C=O) groups is 2. The molecule has 0 aromatic heterocycles. The first-order valence-corrected chi connectivity index (χ1v) is 4.85. The van der Waals surface area contributed by atoms with Gasteiger partial charge in [0.05, 0.1) is 24.1 Å². The van der Waals surface area contributed by atoms with Crippen molar-refractivity contribution in [2.75, 3.05) is 13.7 Å². The van der Waals surface area contributed by atoms with E-state index in [0.29, 0.717) is 0 Å². The Labute approximate surface area is 102 Å². The van der Waals surface area contributed by atoms with Crippen molar-refractivity contribution in [2.45, 2.75) is 0 Å². The van der Waals surface area contributed by atoms with Gasteiger partial charge in [-0.2, -0.15) is 0 Å². The SMILES string of the molecule is COc1c(C(=O)NCC(N)=O)cccc1[N+](=O)[O-]. The molecule has 1 aromatic carbocycles. The van der Waals surface area contributed by atoms with Gasteiger partial charge in [-0.05, 0) is 6.07 Å². The Morgan fingerprint density at radius 2 is 2.17 bits per heavy atom. The molecule has 0 aliphatic carbocycles. The van der Waals surface area contributed by atoms with Crippen LogP contribution in [0.1, 0.15) is 10.4 Å². The highest BCUT2D eigenvalue weighted by Gasteiger charge is 2.22. The fraction of sp³-hybridized carbons (Fsp3) is 0.200. The van der Waals surface area contributed by atoms with Crippen LogP contribution in [0.15, 0.2) is 18.2 Å². The zero-order valence-corrected chi connectivity index (χ0v) is 9.50. The second-order valence-corrected chi connectivity index (χ2v) is 3.26. The maximum absolute atomic E-state index is 11.7. The number of rotatable bonds is 5. The first kappa shape index (κ1) is 13.4. The van der Waals surface area contributed by atoms with Gasteiger partial charge in [0.2, 0.25) is 11.7 Å². The molecule has 8 heteroatoms. The Hall–Kier alpha value is -2.64. The third kappa shape index (κ3) is 2.94. The molecule has 8 nitrogen and oxygen atoms in total. The van der Waals surface area contributed by atoms with Crippen molar-refractivity contribution >= 4 is 17.5 Å². The summed E-state index contributed by atoms with van der Waals surface area (Å²) in [5, 5.41) is 13.0. The van der Waals surface area contributed by atoms with Crippen LogP contribution in [0.25, 0.3) is 0 Å². The predicted octanol–water partition coefficient (Wildman–Crippen LogP) is -0.181. The maximum Gasteiger partial charge on any atom is 0.311 e. The number of benzene rings is 1. The maximum atomic E-state index is 11.7. The summed E-state index contributed by atoms with van der Waals surface area (Å²) < 4.78 is 4.85. The van der Waals surface area contributed by atoms with Gasteiger partial charge in [-0.15, -0.1) is 0 Å². The number of ether oxygens (including phenoxy) is 1. The molecule has 0 aliphatic rings. The first-order chi connectivity index (χ1) is 8.47. The van der Waals surface area contributed by atoms with Crippen molar-refractivity contribution in [3.63, 3.8) is 0 Å². The zero-order valence-electron chi connectivity index (χ0n) is 9.50. The monoisotopic (exact) mass is 253 g/mol. The number of nitrogens with one attached hydrogen (secondary N) is 1. The molecule has 1 rings (SSSR count). The van der Waals surface area contributed by atoms with E-state index in [1.807, 2.05) is 0 Å². The number of primary amides is 1. The number of nitro benzene ring substituents is 1. The van der Waals surface area contributed by atoms with Crippen LogP contribution in [0.2, 0.25) is 0 Å². The molecule has 0 saturated heterocycles. The molecule has 0 unspecified atom stereocenters. The third-order valence-corrected chi connectivity index (χ3v) is 2.06. The standard InChI is InChI=1S/C10H11N3O5/c1-18-9-6(10(15)12-5-8(11)14)3-2-4-7(9)13(16)17/h2-4H,5H2,1H3,(H2,11,14)(H,12,15). The Bertz CT molecular complexity index is 500. The summed E-state index contributed by atoms with van der Waals surface area (Å²) in [7, 11) is 1.22. The summed E-state index contributed by atoms with van der Waals surface area (Å²) in [5.74, 6) is -1.55. The van der Waals surface area contributed by atoms with Crippen LogP contribution in [0, 0.1) is 10.1 Å². The third-order valence-electron chi connectivity index (χ3n) is 2.06. The average Bonchev–Trinajstić information content (AvgIpc) is 2.34. The molecule has 0 fully saturated rings. The number of nitro groups is 1. The normalized spacial score (nSPS) is 9.61. The highest BCUT2D eigenvalue weighted by molar-refractivity contribution is 5.99. The van der Waals surface area contributed by atoms with Crippen LogP contribution in [-0.4, -0.2) is 30.4 Å². The molecule has 2 amide bonds. The van der Waals surface area contributed by atoms with Crippen LogP contribution in [-0.2, 0) is 4.79 Å². The number of hydrogen-bond acceptors (Lipinski definition) is 5. The molecular formula is C10H11N3O5. The number of nitrogens with two attached hydrogens (primary N) is 1. The predicted molar refractivity (Wildman–Crippen MR) is 61.2 cm³/mol. The van der Waals surface area contributed by atoms with Gasteiger partial charge in [0.1, 0.15) is 0 Å². The van der Waals surface area contributed by atoms with Crippen molar-refractivity contribution in [1.29, 1.82) is 0 Å². The van der Waals surface area contributed by atoms with Crippen LogP contribution >= 0.6 is 0 Å². The molecule has 3 N–H and O–H groups in total. The van der Waals surface area contributed by atoms with E-state index in [-0.39, 0.29) is 23.5 Å². The summed E-state index contributed by atoms with van der Waals surface area (Å²) in [6, 6.07) is 3.91. The van der Waals surface area contributed by atoms with Crippen LogP contribution in [0.5, 0.6) is 5.75 Å². The fourth-order valence-corrected chi connectivity index (χ4v) is 1.32. The van der Waals surface area contributed by atoms with Crippen molar-refractivity contribution in [1.82, 2.24) is 5.32 Å². The lowest BCUT2D eigenvalue weighted by molar-refractivity contribution is -0.385. The second-order valence-electron chi connectivity index (χ2n) is 3.26. The van der Waals surface area contributed by atoms with E-state index in [0.717, 1.165) is 0 Å². The Morgan fingerprint density at radius 1 is 1.50 bits per heavy atom. The van der Waals surface area contributed by atoms with E-state index in [1.54, 1.807) is 0 Å². The van der Waals surface area contributed by atoms with Gasteiger partial charge in [-0.3, -0.25) is 19.7 Å². The molecule has 1 aromatic rings. The van der Waals surface area contributed by atoms with E-state index < -0.39 is 16.7 Å². The summed E-state index contributed by atoms with van der Waals surface area (Å²) >= 11 is 0. The minimum atomic E-state index is -0.715. The van der Waals surface area contributed by atoms with E-state index in [9.17, 15) is 19.7 Å². The number of para-hydroxylation sites is 1. The number of methoxy groups -OCH3 is 1. The molecule has 0 spiro atoms. The van der Waals surface area contributed by atoms with Crippen molar-refractivity contribution in [3.8, 4) is 5.75 Å². The van der Waals surface area contributed by atoms with Gasteiger partial charge in [0, 0.05) is 6.07 Å². The van der Waals surface area contributed by atoms with E-state index in [1.165, 1.54) is 25.3 Å². The van der Waals surface area contributed by atoms with E-state index in [4.69, 9.17) is 10.5 Å². The summed E-state index contributed by atoms with van der Waals surface area (Å²) in [4.78, 5) is 32.3. The van der Waals surface area contributed by atoms with Crippen LogP contribution < -0.4 is 15.8 Å². The highest BCUT2D eigenvalue weighted by Crippen LogP contribution is 2.30. The van der Waals surface area contributed by atoms with Crippen LogP contribution in [0.3, 0.4) is 0 Å². The van der Waals surface area contributed by atoms with E-state index >= 15 is 0 Å². The molecule has 0 atom stereocenters. The molecule has 0 bridgehead atoms. The van der Waals surface area contributed by atoms with Crippen molar-refractivity contribution in [3.05, 3.63) is 33.9 Å². The van der Waals surface area contributed by atoms with Gasteiger partial charge in [-0.25, -0.2) is 0 Å². The van der Waals surface area contributed by atoms with E-state index in [2.05, 4.69) is 5.32 Å². The fourth-order valence-electron chi connectivity index (χ4n) is 1.32. The number of nitrogens with zero attached hydrogens (tertiary/aromatic N) is 1. The molecule has 0 heterocycles. The quantitative estimate of drug-likeness (QED) is 0.556. The minimum Gasteiger partial charge on any atom is -0.490 e. The average molecular weight is 253 g/mol. The molecule has 0 aliphatic heterocycles. The van der Waals surface area contributed by atoms with Gasteiger partial charge < -0.3 is 15.8 Å². The second kappa shape index (κ2) is 5.62. The number of amides is 2. The molecular weight excluding hydrogens is 242 g/mol. The number of hydrogen-bond donors (Lipinski definition) is 2. The summed E-state index contributed by atoms with van der Waals surface area (Å²) in [6.07, 6.45) is 0. The van der Waals surface area contributed by atoms with Crippen molar-refractivity contribution < 1.29 is 19.2 Å². The molecule has 96 valence electrons. The molecule has 18 heavy (non-hydrogen) atoms. The smallest absolute Gasteiger partial charge is 0.311 e. The Balaban J connectivity index is 3.08. The molecule has 0 saturated carbocycles. The first-order valence-electron chi connectivity index (χ1n) is 4.85. The van der Waals surface area contributed by atoms with Crippen molar-refractivity contribution in [2.24, 2.45) is 5.73 Å². The van der Waals surface area contributed by atoms with Gasteiger partial charge in [0.15, 0.2) is 0 Å². The van der Waals surface area contributed by atoms with Gasteiger partial charge in [0.25, 0.3) is 5.91 Å². The lowest BCUT2D eigenvalue weighted by Gasteiger charge is -2.08. The Morgan fingerprint density at radius 3 is 2.67 bits per heavy atom. The molecule has 0 radical (unpaired) electrons. The summed E-state index contributed by atoms with van der Waals surface area (Å²) in [6.45, 7) is -0.356. The van der Waals surface area contributed by atoms with Gasteiger partial charge >= 0.3 is 5.69 Å². The number of carbonyl (C=O) groups excluding carboxylic acids is 2. The lowest BCUT2D eigenvalue weighted by Crippen LogP contribution is -2.33. The van der Waals surface area contributed by atoms with Gasteiger partial charge in [-0.1, -0.05) is 6.07 Å². The zero-order chi connectivity index (χ0) is 13.7. The van der Waals surface area contributed by atoms with Crippen LogP contribution in [0.4, 0.5) is 5.69 Å². The largest absolute Gasteiger partial charge is 0.490 e. The topological polar surface area (TPSA) is 125 Å². The lowest BCUT2D eigenvalue weighted by atomic mass is 10.1. The minimum absolute atomic E-state index is 0.0343.